The molecule has 1 aromatic carbocycles. The van der Waals surface area contributed by atoms with Gasteiger partial charge in [0.25, 0.3) is 0 Å². The van der Waals surface area contributed by atoms with Crippen molar-refractivity contribution in [1.82, 2.24) is 15.2 Å². The lowest BCUT2D eigenvalue weighted by atomic mass is 10.0. The molecule has 1 aliphatic heterocycles. The van der Waals surface area contributed by atoms with E-state index in [2.05, 4.69) is 27.3 Å². The van der Waals surface area contributed by atoms with Crippen LogP contribution in [0.3, 0.4) is 0 Å². The fourth-order valence-electron chi connectivity index (χ4n) is 2.21. The molecule has 0 fully saturated rings. The Balaban J connectivity index is 1.63. The molecule has 0 saturated carbocycles. The number of H-pyrrole nitrogens is 1. The third-order valence-corrected chi connectivity index (χ3v) is 3.21. The Morgan fingerprint density at radius 1 is 1.44 bits per heavy atom. The minimum atomic E-state index is -0.586. The molecule has 0 aliphatic carbocycles. The van der Waals surface area contributed by atoms with Crippen molar-refractivity contribution >= 4 is 0 Å². The molecule has 1 atom stereocenters. The molecular formula is C13H15N3O2. The maximum absolute atomic E-state index is 9.91. The van der Waals surface area contributed by atoms with Gasteiger partial charge in [-0.25, -0.2) is 4.98 Å². The second kappa shape index (κ2) is 4.78. The van der Waals surface area contributed by atoms with Gasteiger partial charge in [0.1, 0.15) is 18.2 Å². The lowest BCUT2D eigenvalue weighted by Crippen LogP contribution is -2.02. The van der Waals surface area contributed by atoms with E-state index in [0.29, 0.717) is 12.2 Å². The molecule has 3 rings (SSSR count). The number of nitrogens with zero attached hydrogens (tertiary/aromatic N) is 2. The van der Waals surface area contributed by atoms with E-state index in [-0.39, 0.29) is 0 Å². The van der Waals surface area contributed by atoms with Crippen LogP contribution < -0.4 is 4.74 Å². The van der Waals surface area contributed by atoms with E-state index in [0.717, 1.165) is 25.2 Å². The third kappa shape index (κ3) is 2.22. The number of aryl methyl sites for hydroxylation is 1. The highest BCUT2D eigenvalue weighted by Crippen LogP contribution is 2.27. The van der Waals surface area contributed by atoms with Crippen molar-refractivity contribution in [3.63, 3.8) is 0 Å². The van der Waals surface area contributed by atoms with Gasteiger partial charge in [0, 0.05) is 6.42 Å². The van der Waals surface area contributed by atoms with Crippen LogP contribution in [0.1, 0.15) is 29.5 Å². The van der Waals surface area contributed by atoms with Gasteiger partial charge in [-0.05, 0) is 30.0 Å². The SMILES string of the molecule is OC(CCc1ccc2c(c1)CCO2)c1ncn[nH]1. The van der Waals surface area contributed by atoms with Gasteiger partial charge in [-0.2, -0.15) is 5.10 Å². The Hall–Kier alpha value is -1.88. The van der Waals surface area contributed by atoms with Crippen LogP contribution in [0, 0.1) is 0 Å². The van der Waals surface area contributed by atoms with Crippen LogP contribution in [0.4, 0.5) is 0 Å². The molecule has 0 radical (unpaired) electrons. The van der Waals surface area contributed by atoms with E-state index in [1.165, 1.54) is 17.5 Å². The first kappa shape index (κ1) is 11.2. The van der Waals surface area contributed by atoms with Crippen LogP contribution in [0.15, 0.2) is 24.5 Å². The van der Waals surface area contributed by atoms with Crippen molar-refractivity contribution in [2.24, 2.45) is 0 Å². The molecule has 0 spiro atoms. The first-order chi connectivity index (χ1) is 8.83. The molecule has 2 N–H and O–H groups in total. The molecule has 0 bridgehead atoms. The van der Waals surface area contributed by atoms with Crippen LogP contribution >= 0.6 is 0 Å². The van der Waals surface area contributed by atoms with Crippen LogP contribution in [-0.2, 0) is 12.8 Å². The van der Waals surface area contributed by atoms with Gasteiger partial charge in [-0.15, -0.1) is 0 Å². The van der Waals surface area contributed by atoms with E-state index >= 15 is 0 Å². The monoisotopic (exact) mass is 245 g/mol. The molecule has 2 aromatic rings. The molecule has 2 heterocycles. The summed E-state index contributed by atoms with van der Waals surface area (Å²) >= 11 is 0. The number of fused-ring (bicyclic) bond motifs is 1. The fourth-order valence-corrected chi connectivity index (χ4v) is 2.21. The highest BCUT2D eigenvalue weighted by Gasteiger charge is 2.14. The van der Waals surface area contributed by atoms with Crippen molar-refractivity contribution in [2.45, 2.75) is 25.4 Å². The number of hydrogen-bond donors (Lipinski definition) is 2. The number of aromatic nitrogens is 3. The van der Waals surface area contributed by atoms with Crippen molar-refractivity contribution in [1.29, 1.82) is 0 Å². The highest BCUT2D eigenvalue weighted by molar-refractivity contribution is 5.39. The molecule has 5 heteroatoms. The molecule has 0 amide bonds. The summed E-state index contributed by atoms with van der Waals surface area (Å²) in [7, 11) is 0. The topological polar surface area (TPSA) is 71.0 Å². The predicted octanol–water partition coefficient (Wildman–Crippen LogP) is 1.41. The zero-order valence-electron chi connectivity index (χ0n) is 9.97. The summed E-state index contributed by atoms with van der Waals surface area (Å²) in [5, 5.41) is 16.3. The van der Waals surface area contributed by atoms with Crippen molar-refractivity contribution in [3.05, 3.63) is 41.5 Å². The lowest BCUT2D eigenvalue weighted by molar-refractivity contribution is 0.158. The molecule has 94 valence electrons. The van der Waals surface area contributed by atoms with E-state index in [4.69, 9.17) is 4.74 Å². The van der Waals surface area contributed by atoms with E-state index < -0.39 is 6.10 Å². The summed E-state index contributed by atoms with van der Waals surface area (Å²) in [4.78, 5) is 3.95. The van der Waals surface area contributed by atoms with Crippen LogP contribution in [0.25, 0.3) is 0 Å². The number of aliphatic hydroxyl groups excluding tert-OH is 1. The van der Waals surface area contributed by atoms with Crippen LogP contribution in [0.2, 0.25) is 0 Å². The lowest BCUT2D eigenvalue weighted by Gasteiger charge is -2.08. The third-order valence-electron chi connectivity index (χ3n) is 3.21. The number of ether oxygens (including phenoxy) is 1. The second-order valence-electron chi connectivity index (χ2n) is 4.47. The van der Waals surface area contributed by atoms with Gasteiger partial charge >= 0.3 is 0 Å². The summed E-state index contributed by atoms with van der Waals surface area (Å²) in [5.74, 6) is 1.52. The number of hydrogen-bond acceptors (Lipinski definition) is 4. The smallest absolute Gasteiger partial charge is 0.153 e. The predicted molar refractivity (Wildman–Crippen MR) is 65.3 cm³/mol. The molecule has 1 aliphatic rings. The molecular weight excluding hydrogens is 230 g/mol. The Morgan fingerprint density at radius 3 is 3.22 bits per heavy atom. The number of rotatable bonds is 4. The van der Waals surface area contributed by atoms with Gasteiger partial charge in [0.05, 0.1) is 6.61 Å². The Labute approximate surface area is 105 Å². The van der Waals surface area contributed by atoms with E-state index in [9.17, 15) is 5.11 Å². The number of nitrogens with one attached hydrogen (secondary N) is 1. The summed E-state index contributed by atoms with van der Waals surface area (Å²) in [6.07, 6.45) is 3.25. The molecule has 1 aromatic heterocycles. The zero-order valence-corrected chi connectivity index (χ0v) is 9.97. The van der Waals surface area contributed by atoms with Crippen LogP contribution in [0.5, 0.6) is 5.75 Å². The normalized spacial score (nSPS) is 15.2. The quantitative estimate of drug-likeness (QED) is 0.854. The summed E-state index contributed by atoms with van der Waals surface area (Å²) in [5.41, 5.74) is 2.49. The summed E-state index contributed by atoms with van der Waals surface area (Å²) in [6.45, 7) is 0.777. The Kier molecular flexibility index (Phi) is 2.98. The second-order valence-corrected chi connectivity index (χ2v) is 4.47. The van der Waals surface area contributed by atoms with Gasteiger partial charge in [0.15, 0.2) is 5.82 Å². The average molecular weight is 245 g/mol. The van der Waals surface area contributed by atoms with Crippen molar-refractivity contribution in [3.8, 4) is 5.75 Å². The largest absolute Gasteiger partial charge is 0.493 e. The fraction of sp³-hybridized carbons (Fsp3) is 0.385. The van der Waals surface area contributed by atoms with Crippen molar-refractivity contribution in [2.75, 3.05) is 6.61 Å². The number of benzene rings is 1. The molecule has 0 saturated heterocycles. The summed E-state index contributed by atoms with van der Waals surface area (Å²) < 4.78 is 5.47. The van der Waals surface area contributed by atoms with Gasteiger partial charge in [-0.1, -0.05) is 12.1 Å². The zero-order chi connectivity index (χ0) is 12.4. The maximum Gasteiger partial charge on any atom is 0.153 e. The molecule has 1 unspecified atom stereocenters. The van der Waals surface area contributed by atoms with Gasteiger partial charge < -0.3 is 9.84 Å². The van der Waals surface area contributed by atoms with Crippen LogP contribution in [-0.4, -0.2) is 26.9 Å². The van der Waals surface area contributed by atoms with E-state index in [1.54, 1.807) is 0 Å². The molecule has 18 heavy (non-hydrogen) atoms. The number of aliphatic hydroxyl groups is 1. The maximum atomic E-state index is 9.91. The van der Waals surface area contributed by atoms with E-state index in [1.807, 2.05) is 6.07 Å². The van der Waals surface area contributed by atoms with Gasteiger partial charge in [0.2, 0.25) is 0 Å². The first-order valence-electron chi connectivity index (χ1n) is 6.11. The highest BCUT2D eigenvalue weighted by atomic mass is 16.5. The van der Waals surface area contributed by atoms with Crippen molar-refractivity contribution < 1.29 is 9.84 Å². The Bertz CT molecular complexity index is 525. The Morgan fingerprint density at radius 2 is 2.39 bits per heavy atom. The minimum absolute atomic E-state index is 0.527. The standard InChI is InChI=1S/C13H15N3O2/c17-11(13-14-8-15-16-13)3-1-9-2-4-12-10(7-9)5-6-18-12/h2,4,7-8,11,17H,1,3,5-6H2,(H,14,15,16). The summed E-state index contributed by atoms with van der Waals surface area (Å²) in [6, 6.07) is 6.23. The number of aromatic amines is 1. The first-order valence-corrected chi connectivity index (χ1v) is 6.11. The average Bonchev–Trinajstić information content (AvgIpc) is 3.05. The molecule has 5 nitrogen and oxygen atoms in total. The van der Waals surface area contributed by atoms with Gasteiger partial charge in [-0.3, -0.25) is 5.10 Å². The minimum Gasteiger partial charge on any atom is -0.493 e.